The number of anilines is 1. The summed E-state index contributed by atoms with van der Waals surface area (Å²) < 4.78 is 43.2. The van der Waals surface area contributed by atoms with E-state index in [1.807, 2.05) is 0 Å². The number of hydrogen-bond donors (Lipinski definition) is 2. The molecule has 10 nitrogen and oxygen atoms in total. The SMILES string of the molecule is COc1cc(CNS(=O)(=O)c2nnc(NC(=O)c3ccc(Cl)cc3)s2)cc(OC)c1OC. The van der Waals surface area contributed by atoms with E-state index in [1.54, 1.807) is 24.3 Å². The van der Waals surface area contributed by atoms with Crippen LogP contribution < -0.4 is 24.2 Å². The lowest BCUT2D eigenvalue weighted by Crippen LogP contribution is -2.23. The topological polar surface area (TPSA) is 129 Å². The average Bonchev–Trinajstić information content (AvgIpc) is 3.26. The number of ether oxygens (including phenoxy) is 3. The summed E-state index contributed by atoms with van der Waals surface area (Å²) in [5.41, 5.74) is 0.915. The number of carbonyl (C=O) groups is 1. The molecule has 0 spiro atoms. The fraction of sp³-hybridized carbons (Fsp3) is 0.211. The molecule has 1 aromatic heterocycles. The lowest BCUT2D eigenvalue weighted by atomic mass is 10.2. The molecule has 0 aliphatic heterocycles. The van der Waals surface area contributed by atoms with Gasteiger partial charge in [-0.1, -0.05) is 22.9 Å². The fourth-order valence-electron chi connectivity index (χ4n) is 2.62. The highest BCUT2D eigenvalue weighted by Gasteiger charge is 2.22. The van der Waals surface area contributed by atoms with Gasteiger partial charge >= 0.3 is 0 Å². The number of nitrogens with one attached hydrogen (secondary N) is 2. The number of nitrogens with zero attached hydrogens (tertiary/aromatic N) is 2. The fourth-order valence-corrected chi connectivity index (χ4v) is 4.70. The first kappa shape index (κ1) is 23.7. The zero-order valence-electron chi connectivity index (χ0n) is 17.2. The maximum atomic E-state index is 12.6. The monoisotopic (exact) mass is 498 g/mol. The number of benzene rings is 2. The molecule has 3 rings (SSSR count). The van der Waals surface area contributed by atoms with Gasteiger partial charge < -0.3 is 14.2 Å². The zero-order valence-corrected chi connectivity index (χ0v) is 19.6. The van der Waals surface area contributed by atoms with Crippen molar-refractivity contribution in [2.24, 2.45) is 0 Å². The number of methoxy groups -OCH3 is 3. The summed E-state index contributed by atoms with van der Waals surface area (Å²) in [6.45, 7) is -0.0644. The van der Waals surface area contributed by atoms with Gasteiger partial charge in [-0.3, -0.25) is 10.1 Å². The minimum absolute atomic E-state index is 0.0399. The molecule has 170 valence electrons. The lowest BCUT2D eigenvalue weighted by Gasteiger charge is -2.14. The zero-order chi connectivity index (χ0) is 23.3. The van der Waals surface area contributed by atoms with Gasteiger partial charge in [0.1, 0.15) is 0 Å². The van der Waals surface area contributed by atoms with Gasteiger partial charge in [0.05, 0.1) is 21.3 Å². The van der Waals surface area contributed by atoms with Gasteiger partial charge in [0, 0.05) is 17.1 Å². The average molecular weight is 499 g/mol. The van der Waals surface area contributed by atoms with Gasteiger partial charge in [-0.25, -0.2) is 13.1 Å². The molecule has 0 aliphatic rings. The molecule has 0 aliphatic carbocycles. The molecule has 0 fully saturated rings. The standard InChI is InChI=1S/C19H19ClN4O6S2/c1-28-14-8-11(9-15(29-2)16(14)30-3)10-21-32(26,27)19-24-23-18(31-19)22-17(25)12-4-6-13(20)7-5-12/h4-9,21H,10H2,1-3H3,(H,22,23,25). The number of sulfonamides is 1. The molecular weight excluding hydrogens is 480 g/mol. The Bertz CT molecular complexity index is 1190. The Balaban J connectivity index is 1.71. The Morgan fingerprint density at radius 3 is 2.22 bits per heavy atom. The van der Waals surface area contributed by atoms with Crippen molar-refractivity contribution < 1.29 is 27.4 Å². The Labute approximate surface area is 193 Å². The molecule has 13 heteroatoms. The predicted octanol–water partition coefficient (Wildman–Crippen LogP) is 2.95. The molecule has 0 unspecified atom stereocenters. The molecule has 0 saturated carbocycles. The van der Waals surface area contributed by atoms with Crippen LogP contribution in [0.15, 0.2) is 40.7 Å². The molecule has 2 N–H and O–H groups in total. The number of amides is 1. The predicted molar refractivity (Wildman–Crippen MR) is 119 cm³/mol. The van der Waals surface area contributed by atoms with Crippen LogP contribution in [0.4, 0.5) is 5.13 Å². The molecule has 3 aromatic rings. The summed E-state index contributed by atoms with van der Waals surface area (Å²) in [6.07, 6.45) is 0. The van der Waals surface area contributed by atoms with Crippen LogP contribution in [0, 0.1) is 0 Å². The smallest absolute Gasteiger partial charge is 0.270 e. The summed E-state index contributed by atoms with van der Waals surface area (Å²) >= 11 is 6.53. The van der Waals surface area contributed by atoms with E-state index in [1.165, 1.54) is 33.5 Å². The van der Waals surface area contributed by atoms with Crippen LogP contribution in [0.25, 0.3) is 0 Å². The van der Waals surface area contributed by atoms with Crippen molar-refractivity contribution in [1.29, 1.82) is 0 Å². The normalized spacial score (nSPS) is 11.1. The maximum absolute atomic E-state index is 12.6. The van der Waals surface area contributed by atoms with Crippen LogP contribution in [0.2, 0.25) is 5.02 Å². The summed E-state index contributed by atoms with van der Waals surface area (Å²) in [5.74, 6) is 0.715. The third-order valence-corrected chi connectivity index (χ3v) is 7.01. The van der Waals surface area contributed by atoms with Crippen molar-refractivity contribution in [1.82, 2.24) is 14.9 Å². The minimum atomic E-state index is -3.99. The number of aromatic nitrogens is 2. The van der Waals surface area contributed by atoms with E-state index >= 15 is 0 Å². The summed E-state index contributed by atoms with van der Waals surface area (Å²) in [4.78, 5) is 12.3. The van der Waals surface area contributed by atoms with Crippen LogP contribution in [0.5, 0.6) is 17.2 Å². The van der Waals surface area contributed by atoms with Crippen molar-refractivity contribution in [3.63, 3.8) is 0 Å². The molecule has 1 amide bonds. The largest absolute Gasteiger partial charge is 0.493 e. The Hall–Kier alpha value is -2.93. The van der Waals surface area contributed by atoms with Crippen LogP contribution in [0.3, 0.4) is 0 Å². The number of carbonyl (C=O) groups excluding carboxylic acids is 1. The van der Waals surface area contributed by atoms with E-state index < -0.39 is 15.9 Å². The molecule has 0 atom stereocenters. The van der Waals surface area contributed by atoms with Gasteiger partial charge in [-0.05, 0) is 42.0 Å². The molecular formula is C19H19ClN4O6S2. The van der Waals surface area contributed by atoms with Gasteiger partial charge in [0.25, 0.3) is 15.9 Å². The highest BCUT2D eigenvalue weighted by atomic mass is 35.5. The van der Waals surface area contributed by atoms with Crippen LogP contribution in [0.1, 0.15) is 15.9 Å². The first-order valence-corrected chi connectivity index (χ1v) is 11.6. The minimum Gasteiger partial charge on any atom is -0.493 e. The van der Waals surface area contributed by atoms with E-state index in [0.29, 0.717) is 33.4 Å². The molecule has 32 heavy (non-hydrogen) atoms. The van der Waals surface area contributed by atoms with Crippen molar-refractivity contribution in [2.45, 2.75) is 10.9 Å². The molecule has 0 saturated heterocycles. The third-order valence-electron chi connectivity index (χ3n) is 4.15. The van der Waals surface area contributed by atoms with Gasteiger partial charge in [0.15, 0.2) is 11.5 Å². The van der Waals surface area contributed by atoms with Crippen LogP contribution >= 0.6 is 22.9 Å². The molecule has 0 radical (unpaired) electrons. The number of rotatable bonds is 9. The number of hydrogen-bond acceptors (Lipinski definition) is 9. The summed E-state index contributed by atoms with van der Waals surface area (Å²) in [6, 6.07) is 9.47. The van der Waals surface area contributed by atoms with Gasteiger partial charge in [-0.2, -0.15) is 0 Å². The second-order valence-corrected chi connectivity index (χ2v) is 9.55. The Morgan fingerprint density at radius 2 is 1.66 bits per heavy atom. The van der Waals surface area contributed by atoms with Crippen molar-refractivity contribution in [3.8, 4) is 17.2 Å². The first-order valence-electron chi connectivity index (χ1n) is 8.96. The van der Waals surface area contributed by atoms with Gasteiger partial charge in [-0.15, -0.1) is 10.2 Å². The molecule has 2 aromatic carbocycles. The quantitative estimate of drug-likeness (QED) is 0.431. The third kappa shape index (κ3) is 5.46. The van der Waals surface area contributed by atoms with Crippen LogP contribution in [-0.4, -0.2) is 45.9 Å². The summed E-state index contributed by atoms with van der Waals surface area (Å²) in [5, 5.41) is 10.4. The summed E-state index contributed by atoms with van der Waals surface area (Å²) in [7, 11) is 0.418. The van der Waals surface area contributed by atoms with E-state index in [0.717, 1.165) is 11.3 Å². The van der Waals surface area contributed by atoms with Crippen molar-refractivity contribution >= 4 is 44.0 Å². The van der Waals surface area contributed by atoms with E-state index in [9.17, 15) is 13.2 Å². The second kappa shape index (κ2) is 10.1. The lowest BCUT2D eigenvalue weighted by molar-refractivity contribution is 0.102. The van der Waals surface area contributed by atoms with Crippen molar-refractivity contribution in [3.05, 3.63) is 52.5 Å². The van der Waals surface area contributed by atoms with Crippen LogP contribution in [-0.2, 0) is 16.6 Å². The first-order chi connectivity index (χ1) is 15.3. The Morgan fingerprint density at radius 1 is 1.03 bits per heavy atom. The van der Waals surface area contributed by atoms with E-state index in [4.69, 9.17) is 25.8 Å². The van der Waals surface area contributed by atoms with Crippen molar-refractivity contribution in [2.75, 3.05) is 26.6 Å². The van der Waals surface area contributed by atoms with E-state index in [2.05, 4.69) is 20.2 Å². The molecule has 0 bridgehead atoms. The molecule has 1 heterocycles. The van der Waals surface area contributed by atoms with E-state index in [-0.39, 0.29) is 16.0 Å². The highest BCUT2D eigenvalue weighted by Crippen LogP contribution is 2.38. The number of halogens is 1. The second-order valence-electron chi connectivity index (χ2n) is 6.19. The highest BCUT2D eigenvalue weighted by molar-refractivity contribution is 7.91. The maximum Gasteiger partial charge on any atom is 0.270 e. The van der Waals surface area contributed by atoms with Gasteiger partial charge in [0.2, 0.25) is 15.2 Å². The Kier molecular flexibility index (Phi) is 7.51.